The van der Waals surface area contributed by atoms with Gasteiger partial charge in [-0.05, 0) is 35.9 Å². The summed E-state index contributed by atoms with van der Waals surface area (Å²) in [6.07, 6.45) is -1.89. The topological polar surface area (TPSA) is 71.0 Å². The fourth-order valence-corrected chi connectivity index (χ4v) is 3.21. The lowest BCUT2D eigenvalue weighted by Gasteiger charge is -2.11. The van der Waals surface area contributed by atoms with Gasteiger partial charge in [-0.2, -0.15) is 18.3 Å². The molecule has 2 heterocycles. The Morgan fingerprint density at radius 1 is 1.06 bits per heavy atom. The van der Waals surface area contributed by atoms with Crippen molar-refractivity contribution >= 4 is 11.6 Å². The molecule has 9 heteroatoms. The summed E-state index contributed by atoms with van der Waals surface area (Å²) < 4.78 is 46.3. The molecule has 0 fully saturated rings. The first-order valence-corrected chi connectivity index (χ1v) is 9.47. The van der Waals surface area contributed by atoms with Crippen molar-refractivity contribution in [2.75, 3.05) is 0 Å². The Hall–Kier alpha value is -3.52. The van der Waals surface area contributed by atoms with Gasteiger partial charge in [0.2, 0.25) is 0 Å². The summed E-state index contributed by atoms with van der Waals surface area (Å²) in [4.78, 5) is 3.89. The number of benzene rings is 2. The van der Waals surface area contributed by atoms with Gasteiger partial charge in [-0.1, -0.05) is 29.8 Å². The fourth-order valence-electron chi connectivity index (χ4n) is 3.08. The monoisotopic (exact) mass is 445 g/mol. The summed E-state index contributed by atoms with van der Waals surface area (Å²) in [6.45, 7) is 0.234. The van der Waals surface area contributed by atoms with E-state index in [4.69, 9.17) is 16.3 Å². The van der Waals surface area contributed by atoms with Gasteiger partial charge in [0.05, 0.1) is 0 Å². The van der Waals surface area contributed by atoms with Crippen molar-refractivity contribution in [1.82, 2.24) is 15.2 Å². The predicted octanol–water partition coefficient (Wildman–Crippen LogP) is 6.10. The van der Waals surface area contributed by atoms with Crippen LogP contribution in [-0.2, 0) is 12.8 Å². The maximum absolute atomic E-state index is 13.5. The smallest absolute Gasteiger partial charge is 0.433 e. The van der Waals surface area contributed by atoms with Gasteiger partial charge in [-0.3, -0.25) is 10.1 Å². The van der Waals surface area contributed by atoms with E-state index in [0.717, 1.165) is 5.56 Å². The number of hydrogen-bond acceptors (Lipinski definition) is 4. The number of hydrogen-bond donors (Lipinski definition) is 2. The maximum atomic E-state index is 13.5. The lowest BCUT2D eigenvalue weighted by molar-refractivity contribution is -0.140. The van der Waals surface area contributed by atoms with Crippen LogP contribution in [0.3, 0.4) is 0 Å². The van der Waals surface area contributed by atoms with Crippen molar-refractivity contribution in [2.24, 2.45) is 0 Å². The van der Waals surface area contributed by atoms with Gasteiger partial charge in [0, 0.05) is 40.2 Å². The highest BCUT2D eigenvalue weighted by Crippen LogP contribution is 2.43. The van der Waals surface area contributed by atoms with Gasteiger partial charge in [0.25, 0.3) is 0 Å². The Labute approximate surface area is 180 Å². The minimum Gasteiger partial charge on any atom is -0.507 e. The fraction of sp³-hybridized carbons (Fsp3) is 0.0909. The van der Waals surface area contributed by atoms with Gasteiger partial charge in [0.1, 0.15) is 29.5 Å². The van der Waals surface area contributed by atoms with Crippen molar-refractivity contribution in [3.05, 3.63) is 83.3 Å². The Morgan fingerprint density at radius 3 is 2.48 bits per heavy atom. The molecule has 4 aromatic rings. The summed E-state index contributed by atoms with van der Waals surface area (Å²) in [7, 11) is 0. The molecule has 4 rings (SSSR count). The van der Waals surface area contributed by atoms with E-state index >= 15 is 0 Å². The number of aromatic hydroxyl groups is 1. The molecule has 0 unspecified atom stereocenters. The first-order chi connectivity index (χ1) is 14.8. The minimum absolute atomic E-state index is 0.0397. The second-order valence-corrected chi connectivity index (χ2v) is 7.09. The molecule has 158 valence electrons. The number of rotatable bonds is 5. The lowest BCUT2D eigenvalue weighted by Crippen LogP contribution is -2.07. The number of nitrogens with zero attached hydrogens (tertiary/aromatic N) is 2. The zero-order valence-corrected chi connectivity index (χ0v) is 16.6. The molecule has 0 aliphatic heterocycles. The number of aromatic nitrogens is 3. The quantitative estimate of drug-likeness (QED) is 0.389. The Kier molecular flexibility index (Phi) is 5.56. The zero-order chi connectivity index (χ0) is 22.0. The second-order valence-electron chi connectivity index (χ2n) is 6.66. The third-order valence-electron chi connectivity index (χ3n) is 4.54. The Morgan fingerprint density at radius 2 is 1.84 bits per heavy atom. The molecule has 0 atom stereocenters. The maximum Gasteiger partial charge on any atom is 0.433 e. The van der Waals surface area contributed by atoms with Crippen LogP contribution in [0, 0.1) is 0 Å². The summed E-state index contributed by atoms with van der Waals surface area (Å²) in [5.74, 6) is 0.0877. The van der Waals surface area contributed by atoms with E-state index in [2.05, 4.69) is 10.1 Å². The number of ether oxygens (including phenoxy) is 1. The molecular formula is C22H15ClF3N3O2. The number of aromatic amines is 1. The van der Waals surface area contributed by atoms with E-state index in [9.17, 15) is 18.3 Å². The number of pyridine rings is 1. The standard InChI is InChI=1S/C22H15ClF3N3O2/c23-15-5-3-13(4-6-15)12-31-16-7-8-17(18(30)10-16)20-19(14-2-1-9-27-11-14)21(29-28-20)22(24,25)26/h1-11,30H,12H2,(H,28,29). The molecule has 2 N–H and O–H groups in total. The SMILES string of the molecule is Oc1cc(OCc2ccc(Cl)cc2)ccc1-c1n[nH]c(C(F)(F)F)c1-c1cccnc1. The molecule has 0 saturated carbocycles. The molecule has 5 nitrogen and oxygen atoms in total. The van der Waals surface area contributed by atoms with Crippen LogP contribution in [0.25, 0.3) is 22.4 Å². The van der Waals surface area contributed by atoms with E-state index in [1.54, 1.807) is 30.3 Å². The first-order valence-electron chi connectivity index (χ1n) is 9.09. The van der Waals surface area contributed by atoms with E-state index in [0.29, 0.717) is 10.8 Å². The van der Waals surface area contributed by atoms with Crippen LogP contribution in [0.1, 0.15) is 11.3 Å². The molecule has 2 aromatic carbocycles. The van der Waals surface area contributed by atoms with Crippen molar-refractivity contribution in [1.29, 1.82) is 0 Å². The van der Waals surface area contributed by atoms with Crippen LogP contribution in [0.2, 0.25) is 5.02 Å². The normalized spacial score (nSPS) is 11.5. The predicted molar refractivity (Wildman–Crippen MR) is 110 cm³/mol. The third kappa shape index (κ3) is 4.49. The number of nitrogens with one attached hydrogen (secondary N) is 1. The van der Waals surface area contributed by atoms with Crippen molar-refractivity contribution in [3.63, 3.8) is 0 Å². The van der Waals surface area contributed by atoms with E-state index in [1.165, 1.54) is 36.7 Å². The summed E-state index contributed by atoms with van der Waals surface area (Å²) in [5.41, 5.74) is -0.0230. The lowest BCUT2D eigenvalue weighted by atomic mass is 9.99. The average molecular weight is 446 g/mol. The molecule has 0 radical (unpaired) electrons. The van der Waals surface area contributed by atoms with Crippen LogP contribution in [0.5, 0.6) is 11.5 Å². The van der Waals surface area contributed by atoms with Crippen LogP contribution >= 0.6 is 11.6 Å². The van der Waals surface area contributed by atoms with E-state index < -0.39 is 11.9 Å². The van der Waals surface area contributed by atoms with Crippen LogP contribution < -0.4 is 4.74 Å². The Bertz CT molecular complexity index is 1190. The zero-order valence-electron chi connectivity index (χ0n) is 15.8. The molecule has 0 bridgehead atoms. The van der Waals surface area contributed by atoms with Crippen molar-refractivity contribution in [3.8, 4) is 33.9 Å². The molecule has 2 aromatic heterocycles. The van der Waals surface area contributed by atoms with Gasteiger partial charge >= 0.3 is 6.18 Å². The van der Waals surface area contributed by atoms with Crippen LogP contribution in [-0.4, -0.2) is 20.3 Å². The number of H-pyrrole nitrogens is 1. The van der Waals surface area contributed by atoms with Gasteiger partial charge in [-0.15, -0.1) is 0 Å². The largest absolute Gasteiger partial charge is 0.507 e. The van der Waals surface area contributed by atoms with Gasteiger partial charge in [0.15, 0.2) is 0 Å². The highest BCUT2D eigenvalue weighted by molar-refractivity contribution is 6.30. The van der Waals surface area contributed by atoms with Crippen molar-refractivity contribution < 1.29 is 23.0 Å². The molecule has 0 spiro atoms. The summed E-state index contributed by atoms with van der Waals surface area (Å²) in [6, 6.07) is 14.4. The van der Waals surface area contributed by atoms with Crippen molar-refractivity contribution in [2.45, 2.75) is 12.8 Å². The molecule has 0 saturated heterocycles. The van der Waals surface area contributed by atoms with Gasteiger partial charge in [-0.25, -0.2) is 0 Å². The molecule has 0 aliphatic carbocycles. The second kappa shape index (κ2) is 8.31. The minimum atomic E-state index is -4.66. The van der Waals surface area contributed by atoms with E-state index in [1.807, 2.05) is 5.10 Å². The highest BCUT2D eigenvalue weighted by Gasteiger charge is 2.38. The number of phenolic OH excluding ortho intramolecular Hbond substituents is 1. The van der Waals surface area contributed by atoms with E-state index in [-0.39, 0.29) is 34.7 Å². The Balaban J connectivity index is 1.67. The summed E-state index contributed by atoms with van der Waals surface area (Å²) >= 11 is 5.86. The van der Waals surface area contributed by atoms with Crippen LogP contribution in [0.4, 0.5) is 13.2 Å². The number of alkyl halides is 3. The average Bonchev–Trinajstić information content (AvgIpc) is 3.19. The number of halogens is 4. The van der Waals surface area contributed by atoms with Gasteiger partial charge < -0.3 is 9.84 Å². The molecule has 0 aliphatic rings. The highest BCUT2D eigenvalue weighted by atomic mass is 35.5. The summed E-state index contributed by atoms with van der Waals surface area (Å²) in [5, 5.41) is 17.0. The number of phenols is 1. The molecule has 0 amide bonds. The molecular weight excluding hydrogens is 431 g/mol. The first kappa shape index (κ1) is 20.7. The third-order valence-corrected chi connectivity index (χ3v) is 4.80. The molecule has 31 heavy (non-hydrogen) atoms. The van der Waals surface area contributed by atoms with Crippen LogP contribution in [0.15, 0.2) is 67.0 Å².